The second-order valence-corrected chi connectivity index (χ2v) is 13.3. The first-order valence-corrected chi connectivity index (χ1v) is 17.8. The minimum absolute atomic E-state index is 0.885. The molecule has 0 saturated heterocycles. The van der Waals surface area contributed by atoms with Gasteiger partial charge in [0.15, 0.2) is 0 Å². The summed E-state index contributed by atoms with van der Waals surface area (Å²) >= 11 is 0. The van der Waals surface area contributed by atoms with Crippen LogP contribution in [-0.4, -0.2) is 0 Å². The topological polar surface area (TPSA) is 16.4 Å². The highest BCUT2D eigenvalue weighted by Gasteiger charge is 2.23. The van der Waals surface area contributed by atoms with Crippen molar-refractivity contribution in [3.05, 3.63) is 200 Å². The van der Waals surface area contributed by atoms with E-state index in [0.29, 0.717) is 0 Å². The Hall–Kier alpha value is -6.90. The average Bonchev–Trinajstić information content (AvgIpc) is 3.60. The molecule has 10 aromatic rings. The van der Waals surface area contributed by atoms with E-state index in [4.69, 9.17) is 4.42 Å². The molecule has 10 rings (SSSR count). The Morgan fingerprint density at radius 2 is 0.865 bits per heavy atom. The van der Waals surface area contributed by atoms with Gasteiger partial charge >= 0.3 is 0 Å². The van der Waals surface area contributed by atoms with Gasteiger partial charge < -0.3 is 9.32 Å². The van der Waals surface area contributed by atoms with E-state index >= 15 is 0 Å². The first kappa shape index (κ1) is 30.0. The Kier molecular flexibility index (Phi) is 7.18. The summed E-state index contributed by atoms with van der Waals surface area (Å²) in [5.74, 6) is 0. The summed E-state index contributed by atoms with van der Waals surface area (Å²) in [6.45, 7) is 0. The van der Waals surface area contributed by atoms with Gasteiger partial charge in [0.1, 0.15) is 11.2 Å². The Morgan fingerprint density at radius 1 is 0.327 bits per heavy atom. The molecule has 1 heterocycles. The van der Waals surface area contributed by atoms with Gasteiger partial charge in [0, 0.05) is 27.6 Å². The molecular formula is C50H33NO. The van der Waals surface area contributed by atoms with Gasteiger partial charge in [-0.25, -0.2) is 0 Å². The zero-order valence-electron chi connectivity index (χ0n) is 28.4. The fourth-order valence-electron chi connectivity index (χ4n) is 7.94. The van der Waals surface area contributed by atoms with E-state index in [2.05, 4.69) is 199 Å². The highest BCUT2D eigenvalue weighted by atomic mass is 16.3. The van der Waals surface area contributed by atoms with Crippen LogP contribution >= 0.6 is 0 Å². The van der Waals surface area contributed by atoms with Gasteiger partial charge in [-0.2, -0.15) is 0 Å². The lowest BCUT2D eigenvalue weighted by atomic mass is 9.90. The zero-order valence-corrected chi connectivity index (χ0v) is 28.4. The van der Waals surface area contributed by atoms with Crippen LogP contribution in [0, 0.1) is 0 Å². The first-order chi connectivity index (χ1) is 25.8. The molecule has 0 aliphatic rings. The predicted octanol–water partition coefficient (Wildman–Crippen LogP) is 14.4. The molecule has 0 aliphatic heterocycles. The van der Waals surface area contributed by atoms with Gasteiger partial charge in [-0.3, -0.25) is 0 Å². The summed E-state index contributed by atoms with van der Waals surface area (Å²) in [6.07, 6.45) is 0. The standard InChI is InChI=1S/C50H33NO/c1-2-16-35(17-3-1)39-24-12-19-36-20-13-25-42(49(36)39)40-21-6-9-27-45(40)51(38-32-31-34-15-4-5-18-37(34)33-38)46-28-10-7-22-41(46)43-26-14-30-48-50(43)44-23-8-11-29-47(44)52-48/h1-33H. The van der Waals surface area contributed by atoms with Crippen molar-refractivity contribution in [2.75, 3.05) is 4.90 Å². The lowest BCUT2D eigenvalue weighted by Gasteiger charge is -2.30. The minimum atomic E-state index is 0.885. The maximum absolute atomic E-state index is 6.38. The number of hydrogen-bond donors (Lipinski definition) is 0. The summed E-state index contributed by atoms with van der Waals surface area (Å²) in [5.41, 5.74) is 12.1. The zero-order chi connectivity index (χ0) is 34.4. The Balaban J connectivity index is 1.27. The molecule has 2 heteroatoms. The smallest absolute Gasteiger partial charge is 0.136 e. The van der Waals surface area contributed by atoms with Crippen LogP contribution in [0.5, 0.6) is 0 Å². The minimum Gasteiger partial charge on any atom is -0.456 e. The van der Waals surface area contributed by atoms with Crippen molar-refractivity contribution in [1.82, 2.24) is 0 Å². The van der Waals surface area contributed by atoms with E-state index in [1.54, 1.807) is 0 Å². The summed E-state index contributed by atoms with van der Waals surface area (Å²) < 4.78 is 6.38. The van der Waals surface area contributed by atoms with Gasteiger partial charge in [0.05, 0.1) is 11.4 Å². The molecule has 52 heavy (non-hydrogen) atoms. The number of benzene rings is 9. The summed E-state index contributed by atoms with van der Waals surface area (Å²) in [7, 11) is 0. The lowest BCUT2D eigenvalue weighted by molar-refractivity contribution is 0.669. The van der Waals surface area contributed by atoms with Gasteiger partial charge in [0.25, 0.3) is 0 Å². The molecule has 0 unspecified atom stereocenters. The van der Waals surface area contributed by atoms with Crippen molar-refractivity contribution in [3.8, 4) is 33.4 Å². The number of para-hydroxylation sites is 3. The van der Waals surface area contributed by atoms with Crippen LogP contribution in [0.2, 0.25) is 0 Å². The van der Waals surface area contributed by atoms with E-state index < -0.39 is 0 Å². The largest absolute Gasteiger partial charge is 0.456 e. The second kappa shape index (κ2) is 12.5. The van der Waals surface area contributed by atoms with E-state index in [-0.39, 0.29) is 0 Å². The number of nitrogens with zero attached hydrogens (tertiary/aromatic N) is 1. The number of hydrogen-bond acceptors (Lipinski definition) is 2. The van der Waals surface area contributed by atoms with Gasteiger partial charge in [0.2, 0.25) is 0 Å². The molecule has 0 atom stereocenters. The third kappa shape index (κ3) is 4.96. The number of anilines is 3. The molecule has 1 aromatic heterocycles. The lowest BCUT2D eigenvalue weighted by Crippen LogP contribution is -2.12. The molecule has 0 saturated carbocycles. The van der Waals surface area contributed by atoms with Crippen LogP contribution in [-0.2, 0) is 0 Å². The molecule has 0 fully saturated rings. The van der Waals surface area contributed by atoms with Gasteiger partial charge in [-0.1, -0.05) is 164 Å². The van der Waals surface area contributed by atoms with Crippen molar-refractivity contribution >= 4 is 60.5 Å². The normalized spacial score (nSPS) is 11.5. The quantitative estimate of drug-likeness (QED) is 0.176. The van der Waals surface area contributed by atoms with Crippen molar-refractivity contribution in [3.63, 3.8) is 0 Å². The molecule has 0 N–H and O–H groups in total. The first-order valence-electron chi connectivity index (χ1n) is 17.8. The maximum Gasteiger partial charge on any atom is 0.136 e. The van der Waals surface area contributed by atoms with E-state index in [9.17, 15) is 0 Å². The van der Waals surface area contributed by atoms with Gasteiger partial charge in [-0.15, -0.1) is 0 Å². The second-order valence-electron chi connectivity index (χ2n) is 13.3. The Bertz CT molecular complexity index is 2910. The fraction of sp³-hybridized carbons (Fsp3) is 0. The van der Waals surface area contributed by atoms with Crippen LogP contribution in [0.4, 0.5) is 17.1 Å². The molecule has 0 spiro atoms. The van der Waals surface area contributed by atoms with E-state index in [0.717, 1.165) is 55.7 Å². The van der Waals surface area contributed by atoms with Crippen molar-refractivity contribution in [2.45, 2.75) is 0 Å². The highest BCUT2D eigenvalue weighted by molar-refractivity contribution is 6.14. The Morgan fingerprint density at radius 3 is 1.63 bits per heavy atom. The van der Waals surface area contributed by atoms with Crippen molar-refractivity contribution in [1.29, 1.82) is 0 Å². The van der Waals surface area contributed by atoms with Crippen LogP contribution in [0.1, 0.15) is 0 Å². The van der Waals surface area contributed by atoms with Gasteiger partial charge in [-0.05, 0) is 80.2 Å². The number of furan rings is 1. The molecule has 9 aromatic carbocycles. The van der Waals surface area contributed by atoms with Crippen LogP contribution in [0.15, 0.2) is 205 Å². The SMILES string of the molecule is c1ccc(-c2cccc3cccc(-c4ccccc4N(c4ccc5ccccc5c4)c4ccccc4-c4cccc5oc6ccccc6c45)c23)cc1. The predicted molar refractivity (Wildman–Crippen MR) is 220 cm³/mol. The molecule has 0 radical (unpaired) electrons. The third-order valence-electron chi connectivity index (χ3n) is 10.3. The van der Waals surface area contributed by atoms with Crippen molar-refractivity contribution < 1.29 is 4.42 Å². The third-order valence-corrected chi connectivity index (χ3v) is 10.3. The van der Waals surface area contributed by atoms with E-state index in [1.807, 2.05) is 6.07 Å². The molecule has 0 bridgehead atoms. The summed E-state index contributed by atoms with van der Waals surface area (Å²) in [4.78, 5) is 2.45. The number of fused-ring (bicyclic) bond motifs is 5. The molecule has 0 aliphatic carbocycles. The molecule has 2 nitrogen and oxygen atoms in total. The maximum atomic E-state index is 6.38. The molecule has 0 amide bonds. The summed E-state index contributed by atoms with van der Waals surface area (Å²) in [6, 6.07) is 71.8. The molecule has 244 valence electrons. The van der Waals surface area contributed by atoms with Crippen LogP contribution in [0.3, 0.4) is 0 Å². The van der Waals surface area contributed by atoms with Crippen molar-refractivity contribution in [2.24, 2.45) is 0 Å². The number of rotatable bonds is 6. The Labute approximate surface area is 302 Å². The average molecular weight is 664 g/mol. The monoisotopic (exact) mass is 663 g/mol. The van der Waals surface area contributed by atoms with Crippen LogP contribution < -0.4 is 4.90 Å². The molecular weight excluding hydrogens is 631 g/mol. The van der Waals surface area contributed by atoms with E-state index in [1.165, 1.54) is 38.2 Å². The van der Waals surface area contributed by atoms with Crippen LogP contribution in [0.25, 0.3) is 76.9 Å². The summed E-state index contributed by atoms with van der Waals surface area (Å²) in [5, 5.41) is 7.10. The highest BCUT2D eigenvalue weighted by Crippen LogP contribution is 2.48. The fourth-order valence-corrected chi connectivity index (χ4v) is 7.94.